The second-order valence-corrected chi connectivity index (χ2v) is 6.23. The van der Waals surface area contributed by atoms with Crippen molar-refractivity contribution in [3.63, 3.8) is 0 Å². The van der Waals surface area contributed by atoms with Crippen LogP contribution in [0.3, 0.4) is 0 Å². The van der Waals surface area contributed by atoms with Gasteiger partial charge in [-0.25, -0.2) is 8.42 Å². The summed E-state index contributed by atoms with van der Waals surface area (Å²) in [6.07, 6.45) is 2.00. The highest BCUT2D eigenvalue weighted by Gasteiger charge is 2.24. The molecular weight excluding hydrogens is 250 g/mol. The van der Waals surface area contributed by atoms with Gasteiger partial charge in [0, 0.05) is 24.4 Å². The number of aryl methyl sites for hydroxylation is 1. The van der Waals surface area contributed by atoms with E-state index in [1.807, 2.05) is 12.1 Å². The van der Waals surface area contributed by atoms with Crippen LogP contribution in [-0.2, 0) is 16.4 Å². The molecule has 0 saturated carbocycles. The maximum absolute atomic E-state index is 12.1. The van der Waals surface area contributed by atoms with Crippen molar-refractivity contribution < 1.29 is 8.42 Å². The molecule has 0 fully saturated rings. The minimum atomic E-state index is -3.41. The largest absolute Gasteiger partial charge is 0.261 e. The van der Waals surface area contributed by atoms with E-state index in [9.17, 15) is 8.42 Å². The fourth-order valence-corrected chi connectivity index (χ4v) is 3.17. The van der Waals surface area contributed by atoms with Gasteiger partial charge in [0.2, 0.25) is 10.0 Å². The van der Waals surface area contributed by atoms with E-state index in [1.165, 1.54) is 4.31 Å². The summed E-state index contributed by atoms with van der Waals surface area (Å²) < 4.78 is 25.4. The van der Waals surface area contributed by atoms with Crippen LogP contribution >= 0.6 is 0 Å². The number of nitrogens with zero attached hydrogens (tertiary/aromatic N) is 3. The Hall–Kier alpha value is -1.45. The number of rotatable bonds is 6. The van der Waals surface area contributed by atoms with E-state index in [0.29, 0.717) is 6.42 Å². The monoisotopic (exact) mass is 267 g/mol. The van der Waals surface area contributed by atoms with Crippen LogP contribution in [0.4, 0.5) is 0 Å². The van der Waals surface area contributed by atoms with Crippen molar-refractivity contribution in [2.45, 2.75) is 26.3 Å². The van der Waals surface area contributed by atoms with Gasteiger partial charge in [-0.2, -0.15) is 9.57 Å². The van der Waals surface area contributed by atoms with Crippen LogP contribution in [0.15, 0.2) is 24.4 Å². The smallest absolute Gasteiger partial charge is 0.215 e. The summed E-state index contributed by atoms with van der Waals surface area (Å²) in [4.78, 5) is 4.08. The summed E-state index contributed by atoms with van der Waals surface area (Å²) in [5, 5.41) is 8.67. The molecule has 1 aromatic rings. The van der Waals surface area contributed by atoms with Crippen LogP contribution < -0.4 is 0 Å². The van der Waals surface area contributed by atoms with Crippen molar-refractivity contribution in [2.24, 2.45) is 0 Å². The summed E-state index contributed by atoms with van der Waals surface area (Å²) in [6.45, 7) is 3.41. The van der Waals surface area contributed by atoms with Gasteiger partial charge in [-0.1, -0.05) is 6.07 Å². The Balaban J connectivity index is 2.72. The molecule has 0 bridgehead atoms. The van der Waals surface area contributed by atoms with Gasteiger partial charge in [0.25, 0.3) is 0 Å². The Labute approximate surface area is 108 Å². The molecule has 5 nitrogen and oxygen atoms in total. The molecule has 0 saturated heterocycles. The van der Waals surface area contributed by atoms with Crippen molar-refractivity contribution in [1.29, 1.82) is 5.26 Å². The molecule has 6 heteroatoms. The molecule has 1 rings (SSSR count). The van der Waals surface area contributed by atoms with E-state index in [1.54, 1.807) is 32.2 Å². The normalized spacial score (nSPS) is 11.7. The van der Waals surface area contributed by atoms with Crippen LogP contribution in [0.25, 0.3) is 0 Å². The number of sulfonamides is 1. The van der Waals surface area contributed by atoms with Gasteiger partial charge < -0.3 is 0 Å². The number of pyridine rings is 1. The second-order valence-electron chi connectivity index (χ2n) is 4.18. The standard InChI is InChI=1S/C12H17N3O2S/c1-11(2)15(9-7-13)18(16,17)10-6-12-5-3-4-8-14-12/h3-5,8,11H,6,9-10H2,1-2H3. The molecule has 0 aliphatic rings. The molecule has 18 heavy (non-hydrogen) atoms. The predicted octanol–water partition coefficient (Wildman–Crippen LogP) is 1.19. The van der Waals surface area contributed by atoms with Gasteiger partial charge in [-0.3, -0.25) is 4.98 Å². The second kappa shape index (κ2) is 6.47. The lowest BCUT2D eigenvalue weighted by molar-refractivity contribution is 0.385. The topological polar surface area (TPSA) is 74.1 Å². The Bertz CT molecular complexity index is 506. The first kappa shape index (κ1) is 14.6. The number of hydrogen-bond acceptors (Lipinski definition) is 4. The maximum atomic E-state index is 12.1. The first-order valence-electron chi connectivity index (χ1n) is 5.73. The van der Waals surface area contributed by atoms with E-state index in [2.05, 4.69) is 4.98 Å². The van der Waals surface area contributed by atoms with E-state index in [4.69, 9.17) is 5.26 Å². The Morgan fingerprint density at radius 3 is 2.67 bits per heavy atom. The third-order valence-electron chi connectivity index (χ3n) is 2.50. The zero-order valence-corrected chi connectivity index (χ0v) is 11.4. The average Bonchev–Trinajstić information content (AvgIpc) is 2.34. The molecular formula is C12H17N3O2S. The maximum Gasteiger partial charge on any atom is 0.215 e. The van der Waals surface area contributed by atoms with E-state index in [0.717, 1.165) is 5.69 Å². The molecule has 0 spiro atoms. The van der Waals surface area contributed by atoms with Crippen molar-refractivity contribution in [1.82, 2.24) is 9.29 Å². The molecule has 0 unspecified atom stereocenters. The summed E-state index contributed by atoms with van der Waals surface area (Å²) in [5.41, 5.74) is 0.738. The van der Waals surface area contributed by atoms with Gasteiger partial charge in [-0.05, 0) is 26.0 Å². The number of aromatic nitrogens is 1. The van der Waals surface area contributed by atoms with Gasteiger partial charge in [0.05, 0.1) is 11.8 Å². The highest BCUT2D eigenvalue weighted by molar-refractivity contribution is 7.89. The van der Waals surface area contributed by atoms with Crippen LogP contribution in [-0.4, -0.2) is 36.0 Å². The van der Waals surface area contributed by atoms with Crippen molar-refractivity contribution in [3.8, 4) is 6.07 Å². The highest BCUT2D eigenvalue weighted by atomic mass is 32.2. The SMILES string of the molecule is CC(C)N(CC#N)S(=O)(=O)CCc1ccccn1. The molecule has 0 radical (unpaired) electrons. The van der Waals surface area contributed by atoms with E-state index >= 15 is 0 Å². The summed E-state index contributed by atoms with van der Waals surface area (Å²) >= 11 is 0. The Morgan fingerprint density at radius 1 is 1.44 bits per heavy atom. The summed E-state index contributed by atoms with van der Waals surface area (Å²) in [7, 11) is -3.41. The molecule has 0 aromatic carbocycles. The van der Waals surface area contributed by atoms with Crippen LogP contribution in [0, 0.1) is 11.3 Å². The third kappa shape index (κ3) is 4.09. The summed E-state index contributed by atoms with van der Waals surface area (Å²) in [6, 6.07) is 7.08. The lowest BCUT2D eigenvalue weighted by Gasteiger charge is -2.22. The first-order valence-corrected chi connectivity index (χ1v) is 7.34. The lowest BCUT2D eigenvalue weighted by Crippen LogP contribution is -2.39. The van der Waals surface area contributed by atoms with E-state index in [-0.39, 0.29) is 18.3 Å². The minimum Gasteiger partial charge on any atom is -0.261 e. The van der Waals surface area contributed by atoms with Crippen molar-refractivity contribution >= 4 is 10.0 Å². The fourth-order valence-electron chi connectivity index (χ4n) is 1.57. The van der Waals surface area contributed by atoms with Crippen molar-refractivity contribution in [2.75, 3.05) is 12.3 Å². The number of nitriles is 1. The molecule has 1 aromatic heterocycles. The average molecular weight is 267 g/mol. The fraction of sp³-hybridized carbons (Fsp3) is 0.500. The molecule has 0 N–H and O–H groups in total. The van der Waals surface area contributed by atoms with E-state index < -0.39 is 10.0 Å². The molecule has 0 amide bonds. The number of hydrogen-bond donors (Lipinski definition) is 0. The van der Waals surface area contributed by atoms with Crippen LogP contribution in [0.1, 0.15) is 19.5 Å². The van der Waals surface area contributed by atoms with Crippen LogP contribution in [0.5, 0.6) is 0 Å². The van der Waals surface area contributed by atoms with Crippen LogP contribution in [0.2, 0.25) is 0 Å². The zero-order chi connectivity index (χ0) is 13.6. The Kier molecular flexibility index (Phi) is 5.25. The van der Waals surface area contributed by atoms with Gasteiger partial charge in [0.15, 0.2) is 0 Å². The molecule has 1 heterocycles. The van der Waals surface area contributed by atoms with Gasteiger partial charge >= 0.3 is 0 Å². The zero-order valence-electron chi connectivity index (χ0n) is 10.6. The lowest BCUT2D eigenvalue weighted by atomic mass is 10.3. The highest BCUT2D eigenvalue weighted by Crippen LogP contribution is 2.09. The predicted molar refractivity (Wildman–Crippen MR) is 69.2 cm³/mol. The van der Waals surface area contributed by atoms with Gasteiger partial charge in [-0.15, -0.1) is 0 Å². The third-order valence-corrected chi connectivity index (χ3v) is 4.49. The molecule has 0 aliphatic heterocycles. The molecule has 0 aliphatic carbocycles. The minimum absolute atomic E-state index is 0.0239. The molecule has 98 valence electrons. The summed E-state index contributed by atoms with van der Waals surface area (Å²) in [5.74, 6) is -0.0239. The van der Waals surface area contributed by atoms with Crippen molar-refractivity contribution in [3.05, 3.63) is 30.1 Å². The van der Waals surface area contributed by atoms with Gasteiger partial charge in [0.1, 0.15) is 6.54 Å². The molecule has 0 atom stereocenters. The quantitative estimate of drug-likeness (QED) is 0.726. The first-order chi connectivity index (χ1) is 8.47. The Morgan fingerprint density at radius 2 is 2.17 bits per heavy atom.